The van der Waals surface area contributed by atoms with E-state index in [2.05, 4.69) is 10.6 Å². The summed E-state index contributed by atoms with van der Waals surface area (Å²) in [5.74, 6) is -0.234. The third kappa shape index (κ3) is 3.37. The van der Waals surface area contributed by atoms with Gasteiger partial charge in [-0.05, 0) is 56.0 Å². The maximum atomic E-state index is 14.0. The number of nitrogens with one attached hydrogen (secondary N) is 2. The molecule has 0 spiro atoms. The van der Waals surface area contributed by atoms with Gasteiger partial charge in [0.1, 0.15) is 5.82 Å². The summed E-state index contributed by atoms with van der Waals surface area (Å²) < 4.78 is 15.8. The molecule has 0 radical (unpaired) electrons. The van der Waals surface area contributed by atoms with Crippen molar-refractivity contribution in [1.82, 2.24) is 9.88 Å². The van der Waals surface area contributed by atoms with E-state index in [1.54, 1.807) is 19.1 Å². The molecular weight excluding hydrogens is 297 g/mol. The Hall–Kier alpha value is -2.34. The van der Waals surface area contributed by atoms with Crippen molar-refractivity contribution in [2.45, 2.75) is 25.3 Å². The molecular formula is C17H20FN3O2. The molecule has 23 heavy (non-hydrogen) atoms. The number of hydrogen-bond acceptors (Lipinski definition) is 2. The highest BCUT2D eigenvalue weighted by atomic mass is 19.1. The van der Waals surface area contributed by atoms with Crippen LogP contribution in [0.2, 0.25) is 0 Å². The first-order valence-corrected chi connectivity index (χ1v) is 7.65. The van der Waals surface area contributed by atoms with E-state index in [1.165, 1.54) is 6.07 Å². The maximum Gasteiger partial charge on any atom is 0.319 e. The van der Waals surface area contributed by atoms with Gasteiger partial charge in [-0.1, -0.05) is 0 Å². The van der Waals surface area contributed by atoms with Gasteiger partial charge in [0.05, 0.1) is 17.8 Å². The van der Waals surface area contributed by atoms with Crippen LogP contribution in [0.3, 0.4) is 0 Å². The van der Waals surface area contributed by atoms with E-state index in [9.17, 15) is 14.3 Å². The lowest BCUT2D eigenvalue weighted by atomic mass is 9.97. The number of aliphatic hydroxyl groups excluding tert-OH is 1. The third-order valence-corrected chi connectivity index (χ3v) is 4.31. The van der Waals surface area contributed by atoms with Gasteiger partial charge < -0.3 is 20.3 Å². The summed E-state index contributed by atoms with van der Waals surface area (Å²) in [5.41, 5.74) is 0.182. The molecule has 122 valence electrons. The van der Waals surface area contributed by atoms with Gasteiger partial charge in [0.25, 0.3) is 0 Å². The molecule has 3 rings (SSSR count). The summed E-state index contributed by atoms with van der Waals surface area (Å²) in [6.07, 6.45) is 5.64. The molecule has 3 N–H and O–H groups in total. The van der Waals surface area contributed by atoms with Crippen LogP contribution in [-0.2, 0) is 0 Å². The van der Waals surface area contributed by atoms with Gasteiger partial charge >= 0.3 is 6.03 Å². The number of nitrogens with zero attached hydrogens (tertiary/aromatic N) is 1. The molecule has 1 atom stereocenters. The van der Waals surface area contributed by atoms with Crippen molar-refractivity contribution in [2.24, 2.45) is 5.92 Å². The molecule has 1 saturated carbocycles. The van der Waals surface area contributed by atoms with Crippen LogP contribution >= 0.6 is 0 Å². The minimum atomic E-state index is -0.668. The Morgan fingerprint density at radius 2 is 2.09 bits per heavy atom. The average Bonchev–Trinajstić information content (AvgIpc) is 3.26. The number of aliphatic hydroxyl groups is 1. The summed E-state index contributed by atoms with van der Waals surface area (Å²) >= 11 is 0. The monoisotopic (exact) mass is 317 g/mol. The van der Waals surface area contributed by atoms with Crippen molar-refractivity contribution < 1.29 is 14.3 Å². The number of hydrogen-bond donors (Lipinski definition) is 3. The molecule has 6 heteroatoms. The zero-order valence-corrected chi connectivity index (χ0v) is 12.9. The first-order valence-electron chi connectivity index (χ1n) is 7.65. The van der Waals surface area contributed by atoms with Crippen molar-refractivity contribution in [1.29, 1.82) is 0 Å². The van der Waals surface area contributed by atoms with E-state index >= 15 is 0 Å². The molecule has 1 aliphatic rings. The molecule has 5 nitrogen and oxygen atoms in total. The number of rotatable bonds is 5. The molecule has 0 aliphatic heterocycles. The molecule has 0 bridgehead atoms. The lowest BCUT2D eigenvalue weighted by molar-refractivity contribution is 0.159. The largest absolute Gasteiger partial charge is 0.394 e. The van der Waals surface area contributed by atoms with E-state index in [0.717, 1.165) is 18.5 Å². The fraction of sp³-hybridized carbons (Fsp3) is 0.353. The van der Waals surface area contributed by atoms with Crippen LogP contribution in [0.5, 0.6) is 0 Å². The normalized spacial score (nSPS) is 16.7. The topological polar surface area (TPSA) is 66.3 Å². The zero-order chi connectivity index (χ0) is 16.4. The summed E-state index contributed by atoms with van der Waals surface area (Å²) in [6.45, 7) is 1.66. The Morgan fingerprint density at radius 1 is 1.39 bits per heavy atom. The Labute approximate surface area is 134 Å². The maximum absolute atomic E-state index is 14.0. The molecule has 0 saturated heterocycles. The first kappa shape index (κ1) is 15.6. The predicted octanol–water partition coefficient (Wildman–Crippen LogP) is 2.90. The Bertz CT molecular complexity index is 698. The van der Waals surface area contributed by atoms with Crippen LogP contribution in [-0.4, -0.2) is 27.9 Å². The number of urea groups is 1. The Balaban J connectivity index is 1.74. The Kier molecular flexibility index (Phi) is 4.09. The summed E-state index contributed by atoms with van der Waals surface area (Å²) in [5, 5.41) is 14.8. The molecule has 2 amide bonds. The van der Waals surface area contributed by atoms with E-state index in [0.29, 0.717) is 0 Å². The van der Waals surface area contributed by atoms with Crippen molar-refractivity contribution in [3.05, 3.63) is 48.5 Å². The highest BCUT2D eigenvalue weighted by molar-refractivity contribution is 5.90. The average molecular weight is 317 g/mol. The van der Waals surface area contributed by atoms with Gasteiger partial charge in [-0.25, -0.2) is 9.18 Å². The Morgan fingerprint density at radius 3 is 2.70 bits per heavy atom. The number of amides is 2. The highest BCUT2D eigenvalue weighted by Gasteiger charge is 2.42. The SMILES string of the molecule is CC(CO)(NC(=O)Nc1cc(-n2cccc2)ccc1F)C1CC1. The van der Waals surface area contributed by atoms with E-state index in [4.69, 9.17) is 0 Å². The second-order valence-electron chi connectivity index (χ2n) is 6.18. The number of carbonyl (C=O) groups is 1. The van der Waals surface area contributed by atoms with Crippen LogP contribution in [0, 0.1) is 11.7 Å². The number of halogens is 1. The molecule has 1 heterocycles. The second-order valence-corrected chi connectivity index (χ2v) is 6.18. The van der Waals surface area contributed by atoms with Gasteiger partial charge in [0, 0.05) is 18.1 Å². The van der Waals surface area contributed by atoms with Gasteiger partial charge in [-0.3, -0.25) is 0 Å². The predicted molar refractivity (Wildman–Crippen MR) is 86.1 cm³/mol. The van der Waals surface area contributed by atoms with Gasteiger partial charge in [0.2, 0.25) is 0 Å². The number of anilines is 1. The van der Waals surface area contributed by atoms with Crippen LogP contribution < -0.4 is 10.6 Å². The van der Waals surface area contributed by atoms with E-state index in [1.807, 2.05) is 29.1 Å². The van der Waals surface area contributed by atoms with Gasteiger partial charge in [0.15, 0.2) is 0 Å². The quantitative estimate of drug-likeness (QED) is 0.794. The summed E-state index contributed by atoms with van der Waals surface area (Å²) in [6, 6.07) is 7.74. The fourth-order valence-electron chi connectivity index (χ4n) is 2.68. The second kappa shape index (κ2) is 6.04. The minimum absolute atomic E-state index is 0.102. The molecule has 1 aromatic heterocycles. The van der Waals surface area contributed by atoms with Crippen LogP contribution in [0.4, 0.5) is 14.9 Å². The van der Waals surface area contributed by atoms with Crippen molar-refractivity contribution in [3.63, 3.8) is 0 Å². The molecule has 1 aromatic carbocycles. The van der Waals surface area contributed by atoms with Crippen molar-refractivity contribution in [2.75, 3.05) is 11.9 Å². The summed E-state index contributed by atoms with van der Waals surface area (Å²) in [4.78, 5) is 12.2. The molecule has 1 fully saturated rings. The minimum Gasteiger partial charge on any atom is -0.394 e. The third-order valence-electron chi connectivity index (χ3n) is 4.31. The zero-order valence-electron chi connectivity index (χ0n) is 12.9. The lowest BCUT2D eigenvalue weighted by Crippen LogP contribution is -2.52. The van der Waals surface area contributed by atoms with E-state index < -0.39 is 17.4 Å². The molecule has 2 aromatic rings. The van der Waals surface area contributed by atoms with Crippen molar-refractivity contribution in [3.8, 4) is 5.69 Å². The number of aromatic nitrogens is 1. The molecule has 1 aliphatic carbocycles. The smallest absolute Gasteiger partial charge is 0.319 e. The standard InChI is InChI=1S/C17H20FN3O2/c1-17(11-22,12-4-5-12)20-16(23)19-15-10-13(6-7-14(15)18)21-8-2-3-9-21/h2-3,6-10,12,22H,4-5,11H2,1H3,(H2,19,20,23). The van der Waals surface area contributed by atoms with Gasteiger partial charge in [-0.2, -0.15) is 0 Å². The number of benzene rings is 1. The highest BCUT2D eigenvalue weighted by Crippen LogP contribution is 2.39. The van der Waals surface area contributed by atoms with Gasteiger partial charge in [-0.15, -0.1) is 0 Å². The summed E-state index contributed by atoms with van der Waals surface area (Å²) in [7, 11) is 0. The number of carbonyl (C=O) groups excluding carboxylic acids is 1. The lowest BCUT2D eigenvalue weighted by Gasteiger charge is -2.28. The first-order chi connectivity index (χ1) is 11.0. The molecule has 1 unspecified atom stereocenters. The fourth-order valence-corrected chi connectivity index (χ4v) is 2.68. The van der Waals surface area contributed by atoms with Crippen molar-refractivity contribution >= 4 is 11.7 Å². The van der Waals surface area contributed by atoms with Crippen LogP contribution in [0.25, 0.3) is 5.69 Å². The van der Waals surface area contributed by atoms with E-state index in [-0.39, 0.29) is 18.2 Å². The van der Waals surface area contributed by atoms with Crippen LogP contribution in [0.1, 0.15) is 19.8 Å². The van der Waals surface area contributed by atoms with Crippen LogP contribution in [0.15, 0.2) is 42.7 Å².